The van der Waals surface area contributed by atoms with E-state index in [4.69, 9.17) is 9.47 Å². The van der Waals surface area contributed by atoms with Crippen LogP contribution in [0.25, 0.3) is 0 Å². The van der Waals surface area contributed by atoms with Gasteiger partial charge in [-0.1, -0.05) is 38.6 Å². The summed E-state index contributed by atoms with van der Waals surface area (Å²) in [4.78, 5) is 27.7. The number of rotatable bonds is 4. The lowest BCUT2D eigenvalue weighted by Gasteiger charge is -2.32. The molecule has 1 N–H and O–H groups in total. The van der Waals surface area contributed by atoms with Crippen LogP contribution in [0.15, 0.2) is 65.8 Å². The van der Waals surface area contributed by atoms with Crippen molar-refractivity contribution >= 4 is 23.7 Å². The third-order valence-corrected chi connectivity index (χ3v) is 6.68. The van der Waals surface area contributed by atoms with Crippen LogP contribution in [0.1, 0.15) is 49.0 Å². The van der Waals surface area contributed by atoms with Crippen LogP contribution < -0.4 is 10.1 Å². The monoisotopic (exact) mass is 504 g/mol. The number of carbonyl (C=O) groups is 2. The van der Waals surface area contributed by atoms with E-state index in [2.05, 4.69) is 17.0 Å². The number of nitrogens with zero attached hydrogens (tertiary/aromatic N) is 3. The summed E-state index contributed by atoms with van der Waals surface area (Å²) in [6.07, 6.45) is 3.99. The molecule has 0 aromatic heterocycles. The fourth-order valence-corrected chi connectivity index (χ4v) is 4.69. The molecule has 0 radical (unpaired) electrons. The number of ether oxygens (including phenoxy) is 2. The Hall–Kier alpha value is -3.65. The molecule has 2 saturated heterocycles. The number of hydrogen-bond acceptors (Lipinski definition) is 6. The normalized spacial score (nSPS) is 21.0. The number of benzene rings is 2. The van der Waals surface area contributed by atoms with E-state index in [0.717, 1.165) is 30.6 Å². The zero-order chi connectivity index (χ0) is 26.2. The summed E-state index contributed by atoms with van der Waals surface area (Å²) < 4.78 is 11.6. The highest BCUT2D eigenvalue weighted by molar-refractivity contribution is 6.17. The van der Waals surface area contributed by atoms with Crippen LogP contribution >= 0.6 is 0 Å². The van der Waals surface area contributed by atoms with Gasteiger partial charge in [0, 0.05) is 37.4 Å². The van der Waals surface area contributed by atoms with Crippen molar-refractivity contribution in [1.82, 2.24) is 9.91 Å². The lowest BCUT2D eigenvalue weighted by atomic mass is 10.0. The summed E-state index contributed by atoms with van der Waals surface area (Å²) in [5, 5.41) is 9.49. The second-order valence-electron chi connectivity index (χ2n) is 9.13. The number of nitrogens with one attached hydrogen (secondary N) is 1. The second kappa shape index (κ2) is 12.5. The number of fused-ring (bicyclic) bond motifs is 1. The van der Waals surface area contributed by atoms with Crippen LogP contribution in [0.5, 0.6) is 5.75 Å². The molecular formula is C29H36N4O4. The first-order valence-electron chi connectivity index (χ1n) is 13.1. The maximum atomic E-state index is 13.4. The highest BCUT2D eigenvalue weighted by Gasteiger charge is 2.29. The van der Waals surface area contributed by atoms with Crippen LogP contribution in [-0.2, 0) is 16.1 Å². The van der Waals surface area contributed by atoms with E-state index in [0.29, 0.717) is 44.1 Å². The Morgan fingerprint density at radius 3 is 2.62 bits per heavy atom. The molecule has 5 rings (SSSR count). The van der Waals surface area contributed by atoms with E-state index >= 15 is 0 Å². The highest BCUT2D eigenvalue weighted by Crippen LogP contribution is 2.27. The van der Waals surface area contributed by atoms with Crippen molar-refractivity contribution in [3.8, 4) is 5.75 Å². The predicted octanol–water partition coefficient (Wildman–Crippen LogP) is 4.48. The quantitative estimate of drug-likeness (QED) is 0.621. The molecule has 1 unspecified atom stereocenters. The third kappa shape index (κ3) is 6.57. The van der Waals surface area contributed by atoms with E-state index in [1.165, 1.54) is 6.21 Å². The summed E-state index contributed by atoms with van der Waals surface area (Å²) in [5.74, 6) is 0.474. The topological polar surface area (TPSA) is 83.5 Å². The van der Waals surface area contributed by atoms with Gasteiger partial charge in [-0.05, 0) is 48.7 Å². The fraction of sp³-hybridized carbons (Fsp3) is 0.414. The zero-order valence-electron chi connectivity index (χ0n) is 21.7. The van der Waals surface area contributed by atoms with Crippen molar-refractivity contribution in [2.75, 3.05) is 31.6 Å². The maximum absolute atomic E-state index is 13.4. The first-order valence-corrected chi connectivity index (χ1v) is 13.1. The predicted molar refractivity (Wildman–Crippen MR) is 145 cm³/mol. The first-order chi connectivity index (χ1) is 18.1. The molecule has 2 amide bonds. The van der Waals surface area contributed by atoms with Crippen LogP contribution in [0.3, 0.4) is 0 Å². The van der Waals surface area contributed by atoms with Gasteiger partial charge in [-0.15, -0.1) is 0 Å². The average molecular weight is 505 g/mol. The van der Waals surface area contributed by atoms with Crippen LogP contribution in [0.2, 0.25) is 0 Å². The first kappa shape index (κ1) is 26.4. The molecule has 2 aromatic rings. The largest absolute Gasteiger partial charge is 0.489 e. The summed E-state index contributed by atoms with van der Waals surface area (Å²) in [6.45, 7) is 10.9. The number of likely N-dealkylation sites (tertiary alicyclic amines) is 1. The van der Waals surface area contributed by atoms with Gasteiger partial charge in [0.05, 0.1) is 30.9 Å². The number of hydrazone groups is 1. The summed E-state index contributed by atoms with van der Waals surface area (Å²) >= 11 is 0. The molecule has 3 aliphatic rings. The minimum absolute atomic E-state index is 0.0298. The average Bonchev–Trinajstić information content (AvgIpc) is 3.42. The van der Waals surface area contributed by atoms with Gasteiger partial charge in [-0.25, -0.2) is 0 Å². The Kier molecular flexibility index (Phi) is 8.95. The lowest BCUT2D eigenvalue weighted by molar-refractivity contribution is -0.112. The van der Waals surface area contributed by atoms with Crippen molar-refractivity contribution in [2.45, 2.75) is 51.8 Å². The maximum Gasteiger partial charge on any atom is 0.256 e. The summed E-state index contributed by atoms with van der Waals surface area (Å²) in [5.41, 5.74) is 2.39. The van der Waals surface area contributed by atoms with Gasteiger partial charge in [0.2, 0.25) is 0 Å². The van der Waals surface area contributed by atoms with Gasteiger partial charge in [-0.2, -0.15) is 5.10 Å². The smallest absolute Gasteiger partial charge is 0.256 e. The van der Waals surface area contributed by atoms with Crippen LogP contribution in [0, 0.1) is 0 Å². The van der Waals surface area contributed by atoms with Crippen LogP contribution in [0.4, 0.5) is 5.69 Å². The molecule has 196 valence electrons. The fourth-order valence-electron chi connectivity index (χ4n) is 4.69. The molecule has 0 bridgehead atoms. The van der Waals surface area contributed by atoms with Crippen molar-refractivity contribution in [3.05, 3.63) is 71.8 Å². The Morgan fingerprint density at radius 2 is 1.86 bits per heavy atom. The van der Waals surface area contributed by atoms with Crippen molar-refractivity contribution < 1.29 is 19.1 Å². The number of carbonyl (C=O) groups excluding carboxylic acids is 2. The highest BCUT2D eigenvalue weighted by atomic mass is 16.5. The third-order valence-electron chi connectivity index (χ3n) is 6.68. The number of para-hydroxylation sites is 1. The van der Waals surface area contributed by atoms with E-state index in [-0.39, 0.29) is 29.5 Å². The molecule has 37 heavy (non-hydrogen) atoms. The van der Waals surface area contributed by atoms with Gasteiger partial charge in [-0.3, -0.25) is 14.6 Å². The molecule has 2 aromatic carbocycles. The molecule has 1 atom stereocenters. The van der Waals surface area contributed by atoms with Crippen molar-refractivity contribution in [2.24, 2.45) is 5.10 Å². The minimum Gasteiger partial charge on any atom is -0.489 e. The van der Waals surface area contributed by atoms with E-state index in [1.807, 2.05) is 60.2 Å². The second-order valence-corrected chi connectivity index (χ2v) is 9.13. The van der Waals surface area contributed by atoms with Crippen LogP contribution in [-0.4, -0.2) is 66.4 Å². The molecular weight excluding hydrogens is 468 g/mol. The van der Waals surface area contributed by atoms with Crippen molar-refractivity contribution in [1.29, 1.82) is 0 Å². The van der Waals surface area contributed by atoms with Gasteiger partial charge in [0.15, 0.2) is 0 Å². The Labute approximate surface area is 218 Å². The summed E-state index contributed by atoms with van der Waals surface area (Å²) in [7, 11) is 0. The molecule has 3 heterocycles. The van der Waals surface area contributed by atoms with E-state index in [9.17, 15) is 9.59 Å². The number of hydrogen-bond donors (Lipinski definition) is 1. The minimum atomic E-state index is -0.302. The zero-order valence-corrected chi connectivity index (χ0v) is 21.7. The Bertz CT molecular complexity index is 1130. The molecule has 0 spiro atoms. The van der Waals surface area contributed by atoms with Gasteiger partial charge >= 0.3 is 0 Å². The summed E-state index contributed by atoms with van der Waals surface area (Å²) in [6, 6.07) is 15.3. The SMILES string of the molecule is C=C1/C=N\N(C2CCOCC2)Cc2cc(C(=O)N3CCC(Oc4ccccc4)C3)ccc2NC1=O.CC. The molecule has 8 nitrogen and oxygen atoms in total. The van der Waals surface area contributed by atoms with Crippen molar-refractivity contribution in [3.63, 3.8) is 0 Å². The lowest BCUT2D eigenvalue weighted by Crippen LogP contribution is -2.36. The molecule has 3 aliphatic heterocycles. The Morgan fingerprint density at radius 1 is 1.11 bits per heavy atom. The molecule has 0 aliphatic carbocycles. The number of anilines is 1. The number of amides is 2. The molecule has 2 fully saturated rings. The standard InChI is InChI=1S/C27H30N4O4.C2H6/c1-19-16-28-31(22-10-13-34-14-11-22)17-21-15-20(7-8-25(21)29-26(19)32)27(33)30-12-9-24(18-30)35-23-5-3-2-4-6-23;1-2/h2-8,15-16,22,24H,1,9-14,17-18H2,(H,29,32);1-2H3/b28-16-;. The van der Waals surface area contributed by atoms with E-state index in [1.54, 1.807) is 12.1 Å². The van der Waals surface area contributed by atoms with Gasteiger partial charge in [0.25, 0.3) is 11.8 Å². The van der Waals surface area contributed by atoms with Gasteiger partial charge < -0.3 is 19.7 Å². The molecule has 0 saturated carbocycles. The Balaban J connectivity index is 0.00000156. The molecule has 8 heteroatoms. The van der Waals surface area contributed by atoms with Gasteiger partial charge in [0.1, 0.15) is 11.9 Å². The van der Waals surface area contributed by atoms with E-state index < -0.39 is 0 Å².